The fourth-order valence-electron chi connectivity index (χ4n) is 2.43. The number of aryl methyl sites for hydroxylation is 1. The summed E-state index contributed by atoms with van der Waals surface area (Å²) >= 11 is 5.08. The van der Waals surface area contributed by atoms with Gasteiger partial charge < -0.3 is 5.32 Å². The molecule has 1 atom stereocenters. The first kappa shape index (κ1) is 12.2. The number of halogens is 2. The van der Waals surface area contributed by atoms with Gasteiger partial charge in [0.2, 0.25) is 0 Å². The molecule has 0 saturated heterocycles. The lowest BCUT2D eigenvalue weighted by Gasteiger charge is -2.25. The number of hydrogen-bond donors (Lipinski definition) is 1. The second-order valence-electron chi connectivity index (χ2n) is 4.51. The number of benzene rings is 1. The van der Waals surface area contributed by atoms with E-state index < -0.39 is 0 Å². The van der Waals surface area contributed by atoms with E-state index in [1.807, 2.05) is 6.07 Å². The Morgan fingerprint density at radius 2 is 2.22 bits per heavy atom. The predicted octanol–water partition coefficient (Wildman–Crippen LogP) is 5.14. The van der Waals surface area contributed by atoms with E-state index in [0.29, 0.717) is 5.69 Å². The number of anilines is 1. The van der Waals surface area contributed by atoms with Crippen molar-refractivity contribution in [3.8, 4) is 0 Å². The maximum Gasteiger partial charge on any atom is 0.147 e. The van der Waals surface area contributed by atoms with Crippen molar-refractivity contribution in [1.82, 2.24) is 0 Å². The first-order chi connectivity index (χ1) is 8.74. The Hall–Kier alpha value is -0.870. The summed E-state index contributed by atoms with van der Waals surface area (Å²) in [7, 11) is 0. The topological polar surface area (TPSA) is 12.0 Å². The van der Waals surface area contributed by atoms with Crippen LogP contribution in [0.4, 0.5) is 10.1 Å². The van der Waals surface area contributed by atoms with Gasteiger partial charge in [-0.1, -0.05) is 15.9 Å². The minimum atomic E-state index is -0.202. The van der Waals surface area contributed by atoms with Crippen LogP contribution < -0.4 is 5.32 Å². The molecule has 0 spiro atoms. The summed E-state index contributed by atoms with van der Waals surface area (Å²) in [4.78, 5) is 1.44. The Kier molecular flexibility index (Phi) is 3.39. The van der Waals surface area contributed by atoms with Crippen LogP contribution in [0.1, 0.15) is 29.3 Å². The van der Waals surface area contributed by atoms with Crippen LogP contribution in [-0.4, -0.2) is 0 Å². The third-order valence-electron chi connectivity index (χ3n) is 3.31. The van der Waals surface area contributed by atoms with E-state index in [1.165, 1.54) is 22.9 Å². The van der Waals surface area contributed by atoms with E-state index in [9.17, 15) is 4.39 Å². The van der Waals surface area contributed by atoms with Gasteiger partial charge in [0.05, 0.1) is 11.7 Å². The van der Waals surface area contributed by atoms with E-state index >= 15 is 0 Å². The second kappa shape index (κ2) is 5.02. The number of fused-ring (bicyclic) bond motifs is 1. The average Bonchev–Trinajstić information content (AvgIpc) is 2.82. The van der Waals surface area contributed by atoms with Crippen LogP contribution in [-0.2, 0) is 6.42 Å². The van der Waals surface area contributed by atoms with Crippen molar-refractivity contribution in [3.05, 3.63) is 50.4 Å². The molecule has 1 aromatic heterocycles. The molecule has 0 fully saturated rings. The normalized spacial score (nSPS) is 18.4. The summed E-state index contributed by atoms with van der Waals surface area (Å²) in [6.07, 6.45) is 3.40. The highest BCUT2D eigenvalue weighted by molar-refractivity contribution is 9.10. The molecule has 4 heteroatoms. The van der Waals surface area contributed by atoms with Crippen molar-refractivity contribution >= 4 is 33.0 Å². The zero-order valence-electron chi connectivity index (χ0n) is 9.75. The first-order valence-electron chi connectivity index (χ1n) is 6.02. The van der Waals surface area contributed by atoms with Crippen molar-refractivity contribution in [2.45, 2.75) is 25.3 Å². The molecule has 1 unspecified atom stereocenters. The molecule has 1 nitrogen and oxygen atoms in total. The van der Waals surface area contributed by atoms with Gasteiger partial charge in [0.25, 0.3) is 0 Å². The lowest BCUT2D eigenvalue weighted by atomic mass is 9.94. The van der Waals surface area contributed by atoms with Crippen LogP contribution in [0.3, 0.4) is 0 Å². The number of thiophene rings is 1. The average molecular weight is 326 g/mol. The maximum atomic E-state index is 13.8. The summed E-state index contributed by atoms with van der Waals surface area (Å²) in [5, 5.41) is 5.46. The lowest BCUT2D eigenvalue weighted by Crippen LogP contribution is -2.16. The van der Waals surface area contributed by atoms with E-state index in [0.717, 1.165) is 17.3 Å². The zero-order chi connectivity index (χ0) is 12.5. The first-order valence-corrected chi connectivity index (χ1v) is 7.69. The van der Waals surface area contributed by atoms with Crippen LogP contribution in [0.25, 0.3) is 0 Å². The Bertz CT molecular complexity index is 567. The van der Waals surface area contributed by atoms with Gasteiger partial charge in [-0.2, -0.15) is 0 Å². The molecule has 0 aliphatic heterocycles. The molecule has 1 aliphatic carbocycles. The van der Waals surface area contributed by atoms with Crippen molar-refractivity contribution < 1.29 is 4.39 Å². The molecule has 1 heterocycles. The molecule has 0 amide bonds. The molecular formula is C14H13BrFNS. The SMILES string of the molecule is Fc1cc(Br)ccc1NC1CCCc2sccc21. The smallest absolute Gasteiger partial charge is 0.147 e. The third kappa shape index (κ3) is 2.31. The summed E-state index contributed by atoms with van der Waals surface area (Å²) in [6, 6.07) is 7.56. The Morgan fingerprint density at radius 3 is 3.06 bits per heavy atom. The van der Waals surface area contributed by atoms with E-state index in [1.54, 1.807) is 17.4 Å². The molecule has 0 radical (unpaired) electrons. The van der Waals surface area contributed by atoms with Crippen LogP contribution >= 0.6 is 27.3 Å². The van der Waals surface area contributed by atoms with Crippen molar-refractivity contribution in [2.75, 3.05) is 5.32 Å². The highest BCUT2D eigenvalue weighted by Gasteiger charge is 2.21. The molecule has 2 aromatic rings. The highest BCUT2D eigenvalue weighted by atomic mass is 79.9. The van der Waals surface area contributed by atoms with E-state index in [4.69, 9.17) is 0 Å². The monoisotopic (exact) mass is 325 g/mol. The molecule has 1 aromatic carbocycles. The van der Waals surface area contributed by atoms with E-state index in [2.05, 4.69) is 32.7 Å². The summed E-state index contributed by atoms with van der Waals surface area (Å²) in [6.45, 7) is 0. The number of nitrogens with one attached hydrogen (secondary N) is 1. The number of rotatable bonds is 2. The van der Waals surface area contributed by atoms with Gasteiger partial charge in [-0.3, -0.25) is 0 Å². The van der Waals surface area contributed by atoms with Gasteiger partial charge in [0.1, 0.15) is 5.82 Å². The standard InChI is InChI=1S/C14H13BrFNS/c15-9-4-5-13(11(16)8-9)17-12-2-1-3-14-10(12)6-7-18-14/h4-8,12,17H,1-3H2. The molecule has 1 N–H and O–H groups in total. The van der Waals surface area contributed by atoms with Crippen LogP contribution in [0.5, 0.6) is 0 Å². The summed E-state index contributed by atoms with van der Waals surface area (Å²) < 4.78 is 14.6. The van der Waals surface area contributed by atoms with Gasteiger partial charge in [0, 0.05) is 9.35 Å². The molecule has 3 rings (SSSR count). The zero-order valence-corrected chi connectivity index (χ0v) is 12.2. The van der Waals surface area contributed by atoms with Crippen molar-refractivity contribution in [1.29, 1.82) is 0 Å². The Balaban J connectivity index is 1.86. The number of hydrogen-bond acceptors (Lipinski definition) is 2. The van der Waals surface area contributed by atoms with E-state index in [-0.39, 0.29) is 11.9 Å². The fraction of sp³-hybridized carbons (Fsp3) is 0.286. The fourth-order valence-corrected chi connectivity index (χ4v) is 3.75. The predicted molar refractivity (Wildman–Crippen MR) is 77.7 cm³/mol. The molecule has 0 bridgehead atoms. The van der Waals surface area contributed by atoms with Crippen LogP contribution in [0, 0.1) is 5.82 Å². The summed E-state index contributed by atoms with van der Waals surface area (Å²) in [5.74, 6) is -0.202. The minimum absolute atomic E-state index is 0.202. The molecule has 0 saturated carbocycles. The minimum Gasteiger partial charge on any atom is -0.376 e. The third-order valence-corrected chi connectivity index (χ3v) is 4.80. The largest absolute Gasteiger partial charge is 0.376 e. The quantitative estimate of drug-likeness (QED) is 0.806. The molecule has 1 aliphatic rings. The second-order valence-corrected chi connectivity index (χ2v) is 6.43. The van der Waals surface area contributed by atoms with Crippen LogP contribution in [0.2, 0.25) is 0 Å². The maximum absolute atomic E-state index is 13.8. The Morgan fingerprint density at radius 1 is 1.33 bits per heavy atom. The van der Waals surface area contributed by atoms with Gasteiger partial charge in [-0.25, -0.2) is 4.39 Å². The molecular weight excluding hydrogens is 313 g/mol. The van der Waals surface area contributed by atoms with Gasteiger partial charge in [-0.05, 0) is 54.5 Å². The Labute approximate surface area is 118 Å². The van der Waals surface area contributed by atoms with Gasteiger partial charge in [0.15, 0.2) is 0 Å². The molecule has 94 valence electrons. The van der Waals surface area contributed by atoms with Gasteiger partial charge >= 0.3 is 0 Å². The van der Waals surface area contributed by atoms with Crippen molar-refractivity contribution in [2.24, 2.45) is 0 Å². The lowest BCUT2D eigenvalue weighted by molar-refractivity contribution is 0.592. The van der Waals surface area contributed by atoms with Crippen LogP contribution in [0.15, 0.2) is 34.1 Å². The summed E-state index contributed by atoms with van der Waals surface area (Å²) in [5.41, 5.74) is 1.93. The molecule has 18 heavy (non-hydrogen) atoms. The van der Waals surface area contributed by atoms with Gasteiger partial charge in [-0.15, -0.1) is 11.3 Å². The highest BCUT2D eigenvalue weighted by Crippen LogP contribution is 2.36. The van der Waals surface area contributed by atoms with Crippen molar-refractivity contribution in [3.63, 3.8) is 0 Å².